The number of carbonyl (C=O) groups is 1. The summed E-state index contributed by atoms with van der Waals surface area (Å²) >= 11 is 3.25. The van der Waals surface area contributed by atoms with E-state index in [9.17, 15) is 4.79 Å². The van der Waals surface area contributed by atoms with E-state index in [2.05, 4.69) is 10.3 Å². The van der Waals surface area contributed by atoms with Crippen LogP contribution in [0.3, 0.4) is 0 Å². The molecule has 0 aliphatic heterocycles. The Hall–Kier alpha value is -1.11. The van der Waals surface area contributed by atoms with Crippen molar-refractivity contribution >= 4 is 44.9 Å². The van der Waals surface area contributed by atoms with E-state index in [1.807, 2.05) is 38.3 Å². The third kappa shape index (κ3) is 3.31. The summed E-state index contributed by atoms with van der Waals surface area (Å²) in [5.74, 6) is 0.0403. The summed E-state index contributed by atoms with van der Waals surface area (Å²) in [5.41, 5.74) is 7.67. The van der Waals surface area contributed by atoms with Crippen molar-refractivity contribution < 1.29 is 4.79 Å². The minimum Gasteiger partial charge on any atom is -0.325 e. The topological polar surface area (TPSA) is 68.0 Å². The predicted molar refractivity (Wildman–Crippen MR) is 87.5 cm³/mol. The molecule has 1 aromatic carbocycles. The van der Waals surface area contributed by atoms with E-state index in [0.29, 0.717) is 0 Å². The van der Waals surface area contributed by atoms with Gasteiger partial charge in [-0.2, -0.15) is 0 Å². The van der Waals surface area contributed by atoms with Crippen molar-refractivity contribution in [2.75, 3.05) is 11.6 Å². The summed E-state index contributed by atoms with van der Waals surface area (Å²) in [6.07, 6.45) is 2.89. The highest BCUT2D eigenvalue weighted by molar-refractivity contribution is 8.00. The zero-order chi connectivity index (χ0) is 14.7. The second kappa shape index (κ2) is 6.56. The number of nitrogens with two attached hydrogens (primary N) is 1. The van der Waals surface area contributed by atoms with Gasteiger partial charge >= 0.3 is 0 Å². The summed E-state index contributed by atoms with van der Waals surface area (Å²) in [6.45, 7) is 4.02. The van der Waals surface area contributed by atoms with E-state index in [0.717, 1.165) is 26.7 Å². The fourth-order valence-electron chi connectivity index (χ4n) is 1.81. The first-order chi connectivity index (χ1) is 9.55. The molecule has 0 aliphatic carbocycles. The number of benzene rings is 1. The Morgan fingerprint density at radius 3 is 2.95 bits per heavy atom. The monoisotopic (exact) mass is 309 g/mol. The molecule has 2 atom stereocenters. The van der Waals surface area contributed by atoms with Crippen molar-refractivity contribution in [2.24, 2.45) is 11.7 Å². The number of nitrogens with zero attached hydrogens (tertiary/aromatic N) is 1. The number of fused-ring (bicyclic) bond motifs is 1. The van der Waals surface area contributed by atoms with Crippen LogP contribution in [-0.2, 0) is 4.79 Å². The Morgan fingerprint density at radius 1 is 1.55 bits per heavy atom. The molecule has 2 rings (SSSR count). The smallest absolute Gasteiger partial charge is 0.241 e. The molecule has 108 valence electrons. The van der Waals surface area contributed by atoms with Gasteiger partial charge in [-0.1, -0.05) is 32.0 Å². The second-order valence-electron chi connectivity index (χ2n) is 4.77. The highest BCUT2D eigenvalue weighted by Gasteiger charge is 2.19. The average molecular weight is 309 g/mol. The Labute approximate surface area is 127 Å². The largest absolute Gasteiger partial charge is 0.325 e. The minimum atomic E-state index is -0.473. The van der Waals surface area contributed by atoms with Crippen LogP contribution in [0, 0.1) is 5.92 Å². The van der Waals surface area contributed by atoms with Crippen LogP contribution in [0.25, 0.3) is 10.2 Å². The molecule has 20 heavy (non-hydrogen) atoms. The zero-order valence-corrected chi connectivity index (χ0v) is 13.5. The molecular weight excluding hydrogens is 290 g/mol. The highest BCUT2D eigenvalue weighted by atomic mass is 32.2. The molecule has 2 aromatic rings. The number of amides is 1. The number of aromatic nitrogens is 1. The van der Waals surface area contributed by atoms with E-state index in [1.54, 1.807) is 23.1 Å². The molecule has 0 radical (unpaired) electrons. The van der Waals surface area contributed by atoms with Crippen molar-refractivity contribution in [2.45, 2.75) is 30.6 Å². The number of hydrogen-bond acceptors (Lipinski definition) is 5. The van der Waals surface area contributed by atoms with Gasteiger partial charge in [-0.3, -0.25) is 4.79 Å². The maximum atomic E-state index is 12.1. The van der Waals surface area contributed by atoms with Crippen LogP contribution >= 0.6 is 23.1 Å². The van der Waals surface area contributed by atoms with Gasteiger partial charge in [0.25, 0.3) is 0 Å². The first kappa shape index (κ1) is 15.3. The van der Waals surface area contributed by atoms with E-state index < -0.39 is 6.04 Å². The molecule has 1 amide bonds. The number of carbonyl (C=O) groups excluding carboxylic acids is 1. The molecule has 0 saturated carbocycles. The third-order valence-corrected chi connectivity index (χ3v) is 5.37. The molecule has 0 spiro atoms. The predicted octanol–water partition coefficient (Wildman–Crippen LogP) is 3.33. The van der Waals surface area contributed by atoms with Gasteiger partial charge in [0.2, 0.25) is 5.91 Å². The van der Waals surface area contributed by atoms with Crippen molar-refractivity contribution in [3.8, 4) is 0 Å². The molecule has 0 bridgehead atoms. The normalized spacial score (nSPS) is 14.2. The fourth-order valence-corrected chi connectivity index (χ4v) is 3.34. The van der Waals surface area contributed by atoms with Crippen LogP contribution in [0.4, 0.5) is 5.69 Å². The van der Waals surface area contributed by atoms with Gasteiger partial charge in [0.05, 0.1) is 16.3 Å². The van der Waals surface area contributed by atoms with Gasteiger partial charge in [0.15, 0.2) is 4.34 Å². The van der Waals surface area contributed by atoms with Crippen LogP contribution in [0.15, 0.2) is 22.5 Å². The molecule has 3 N–H and O–H groups in total. The SMILES string of the molecule is CCC(C)[C@H](N)C(=O)Nc1ccc2nc(SC)sc2c1. The van der Waals surface area contributed by atoms with Crippen molar-refractivity contribution in [1.82, 2.24) is 4.98 Å². The number of rotatable bonds is 5. The number of nitrogens with one attached hydrogen (secondary N) is 1. The summed E-state index contributed by atoms with van der Waals surface area (Å²) in [6, 6.07) is 5.27. The minimum absolute atomic E-state index is 0.131. The molecule has 1 heterocycles. The van der Waals surface area contributed by atoms with Gasteiger partial charge in [0.1, 0.15) is 0 Å². The van der Waals surface area contributed by atoms with Crippen molar-refractivity contribution in [3.63, 3.8) is 0 Å². The number of thiazole rings is 1. The van der Waals surface area contributed by atoms with E-state index >= 15 is 0 Å². The Balaban J connectivity index is 2.15. The lowest BCUT2D eigenvalue weighted by Gasteiger charge is -2.17. The Morgan fingerprint density at radius 2 is 2.30 bits per heavy atom. The van der Waals surface area contributed by atoms with Gasteiger partial charge in [0, 0.05) is 5.69 Å². The molecule has 0 aliphatic rings. The Bertz CT molecular complexity index is 611. The van der Waals surface area contributed by atoms with Crippen LogP contribution in [0.5, 0.6) is 0 Å². The maximum absolute atomic E-state index is 12.1. The molecule has 4 nitrogen and oxygen atoms in total. The summed E-state index contributed by atoms with van der Waals surface area (Å²) in [7, 11) is 0. The number of hydrogen-bond donors (Lipinski definition) is 2. The lowest BCUT2D eigenvalue weighted by Crippen LogP contribution is -2.40. The molecule has 1 aromatic heterocycles. The second-order valence-corrected chi connectivity index (χ2v) is 6.85. The lowest BCUT2D eigenvalue weighted by atomic mass is 9.99. The van der Waals surface area contributed by atoms with Crippen LogP contribution in [-0.4, -0.2) is 23.2 Å². The highest BCUT2D eigenvalue weighted by Crippen LogP contribution is 2.30. The van der Waals surface area contributed by atoms with Gasteiger partial charge in [-0.05, 0) is 30.4 Å². The average Bonchev–Trinajstić information content (AvgIpc) is 2.87. The zero-order valence-electron chi connectivity index (χ0n) is 11.8. The first-order valence-electron chi connectivity index (χ1n) is 6.56. The molecule has 0 fully saturated rings. The van der Waals surface area contributed by atoms with Gasteiger partial charge in [-0.25, -0.2) is 4.98 Å². The number of thioether (sulfide) groups is 1. The summed E-state index contributed by atoms with van der Waals surface area (Å²) in [4.78, 5) is 16.5. The van der Waals surface area contributed by atoms with Gasteiger partial charge < -0.3 is 11.1 Å². The van der Waals surface area contributed by atoms with Crippen LogP contribution < -0.4 is 11.1 Å². The van der Waals surface area contributed by atoms with Crippen LogP contribution in [0.1, 0.15) is 20.3 Å². The third-order valence-electron chi connectivity index (χ3n) is 3.37. The lowest BCUT2D eigenvalue weighted by molar-refractivity contribution is -0.118. The molecule has 0 saturated heterocycles. The van der Waals surface area contributed by atoms with Crippen LogP contribution in [0.2, 0.25) is 0 Å². The van der Waals surface area contributed by atoms with E-state index in [4.69, 9.17) is 5.73 Å². The van der Waals surface area contributed by atoms with E-state index in [-0.39, 0.29) is 11.8 Å². The standard InChI is InChI=1S/C14H19N3OS2/c1-4-8(2)12(15)13(18)16-9-5-6-10-11(7-9)20-14(17-10)19-3/h5-8,12H,4,15H2,1-3H3,(H,16,18)/t8?,12-/m0/s1. The molecule has 6 heteroatoms. The molecular formula is C14H19N3OS2. The fraction of sp³-hybridized carbons (Fsp3) is 0.429. The summed E-state index contributed by atoms with van der Waals surface area (Å²) < 4.78 is 2.10. The van der Waals surface area contributed by atoms with Crippen molar-refractivity contribution in [1.29, 1.82) is 0 Å². The Kier molecular flexibility index (Phi) is 5.01. The number of anilines is 1. The quantitative estimate of drug-likeness (QED) is 0.831. The first-order valence-corrected chi connectivity index (χ1v) is 8.60. The van der Waals surface area contributed by atoms with Crippen molar-refractivity contribution in [3.05, 3.63) is 18.2 Å². The summed E-state index contributed by atoms with van der Waals surface area (Å²) in [5, 5.41) is 2.88. The van der Waals surface area contributed by atoms with Gasteiger partial charge in [-0.15, -0.1) is 11.3 Å². The van der Waals surface area contributed by atoms with E-state index in [1.165, 1.54) is 0 Å². The molecule has 1 unspecified atom stereocenters. The maximum Gasteiger partial charge on any atom is 0.241 e.